The predicted octanol–water partition coefficient (Wildman–Crippen LogP) is 6.39. The Bertz CT molecular complexity index is 1560. The van der Waals surface area contributed by atoms with Gasteiger partial charge in [-0.15, -0.1) is 10.2 Å². The summed E-state index contributed by atoms with van der Waals surface area (Å²) in [4.78, 5) is 20.3. The lowest BCUT2D eigenvalue weighted by atomic mass is 10.0. The van der Waals surface area contributed by atoms with Gasteiger partial charge in [-0.2, -0.15) is 5.21 Å². The van der Waals surface area contributed by atoms with Crippen LogP contribution in [0.15, 0.2) is 91.0 Å². The Morgan fingerprint density at radius 1 is 0.878 bits per heavy atom. The van der Waals surface area contributed by atoms with Crippen LogP contribution in [0.1, 0.15) is 25.8 Å². The lowest BCUT2D eigenvalue weighted by Gasteiger charge is -2.25. The summed E-state index contributed by atoms with van der Waals surface area (Å²) in [5.74, 6) is 1.95. The van der Waals surface area contributed by atoms with Crippen molar-refractivity contribution < 1.29 is 9.53 Å². The van der Waals surface area contributed by atoms with Gasteiger partial charge in [0.25, 0.3) is 0 Å². The second-order valence-electron chi connectivity index (χ2n) is 9.32. The summed E-state index contributed by atoms with van der Waals surface area (Å²) in [6.07, 6.45) is 0.930. The van der Waals surface area contributed by atoms with E-state index in [0.717, 1.165) is 35.7 Å². The Morgan fingerprint density at radius 2 is 1.61 bits per heavy atom. The van der Waals surface area contributed by atoms with Gasteiger partial charge >= 0.3 is 6.03 Å². The number of H-pyrrole nitrogens is 1. The molecule has 5 rings (SSSR count). The molecule has 0 aliphatic carbocycles. The molecule has 0 fully saturated rings. The number of ether oxygens (including phenoxy) is 1. The lowest BCUT2D eigenvalue weighted by molar-refractivity contribution is 0.262. The van der Waals surface area contributed by atoms with Crippen molar-refractivity contribution in [3.63, 3.8) is 0 Å². The van der Waals surface area contributed by atoms with E-state index in [1.54, 1.807) is 12.1 Å². The van der Waals surface area contributed by atoms with Crippen molar-refractivity contribution >= 4 is 23.2 Å². The van der Waals surface area contributed by atoms with E-state index in [-0.39, 0.29) is 6.03 Å². The summed E-state index contributed by atoms with van der Waals surface area (Å²) in [6.45, 7) is 6.11. The molecule has 0 spiro atoms. The van der Waals surface area contributed by atoms with Crippen LogP contribution in [-0.2, 0) is 6.54 Å². The molecule has 0 atom stereocenters. The number of anilines is 3. The van der Waals surface area contributed by atoms with Crippen molar-refractivity contribution in [2.45, 2.75) is 26.8 Å². The zero-order valence-electron chi connectivity index (χ0n) is 23.0. The van der Waals surface area contributed by atoms with Crippen LogP contribution >= 0.6 is 0 Å². The molecule has 0 saturated carbocycles. The number of benzene rings is 3. The van der Waals surface area contributed by atoms with Crippen molar-refractivity contribution in [3.05, 3.63) is 96.6 Å². The van der Waals surface area contributed by atoms with E-state index in [0.29, 0.717) is 36.0 Å². The maximum atomic E-state index is 13.1. The second kappa shape index (κ2) is 13.2. The van der Waals surface area contributed by atoms with Gasteiger partial charge in [-0.25, -0.2) is 9.78 Å². The molecule has 3 N–H and O–H groups in total. The first-order chi connectivity index (χ1) is 20.1. The number of nitrogens with one attached hydrogen (secondary N) is 3. The van der Waals surface area contributed by atoms with E-state index in [4.69, 9.17) is 9.72 Å². The molecule has 0 aliphatic heterocycles. The molecule has 0 saturated heterocycles. The molecule has 3 aromatic carbocycles. The monoisotopic (exact) mass is 548 g/mol. The molecule has 2 aromatic heterocycles. The molecule has 5 aromatic rings. The van der Waals surface area contributed by atoms with Crippen LogP contribution in [0.25, 0.3) is 22.6 Å². The Balaban J connectivity index is 1.50. The van der Waals surface area contributed by atoms with E-state index in [1.165, 1.54) is 5.56 Å². The normalized spacial score (nSPS) is 10.7. The van der Waals surface area contributed by atoms with Gasteiger partial charge < -0.3 is 20.3 Å². The topological polar surface area (TPSA) is 121 Å². The maximum absolute atomic E-state index is 13.1. The van der Waals surface area contributed by atoms with Crippen LogP contribution in [-0.4, -0.2) is 44.8 Å². The van der Waals surface area contributed by atoms with Crippen molar-refractivity contribution in [2.75, 3.05) is 28.7 Å². The van der Waals surface area contributed by atoms with Crippen molar-refractivity contribution in [1.82, 2.24) is 25.6 Å². The van der Waals surface area contributed by atoms with Crippen LogP contribution in [0.5, 0.6) is 5.75 Å². The number of rotatable bonds is 11. The van der Waals surface area contributed by atoms with Gasteiger partial charge in [-0.1, -0.05) is 61.5 Å². The number of aromatic amines is 1. The predicted molar refractivity (Wildman–Crippen MR) is 161 cm³/mol. The average Bonchev–Trinajstić information content (AvgIpc) is 3.54. The van der Waals surface area contributed by atoms with E-state index < -0.39 is 0 Å². The van der Waals surface area contributed by atoms with Gasteiger partial charge in [-0.05, 0) is 54.5 Å². The number of aromatic nitrogens is 5. The molecule has 10 nitrogen and oxygen atoms in total. The standard InChI is InChI=1S/C31H32N8O2/c1-3-18-39(21-22-10-6-5-7-11-22)29-20-24(33-31(40)32-23-14-16-25(17-15-23)41-4-2)19-28(34-29)26-12-8-9-13-27(26)30-35-37-38-36-30/h5-17,19-20H,3-4,18,21H2,1-2H3,(H2,32,33,34,40)(H,35,36,37,38). The SMILES string of the molecule is CCCN(Cc1ccccc1)c1cc(NC(=O)Nc2ccc(OCC)cc2)cc(-c2ccccc2-c2nn[nH]n2)n1. The van der Waals surface area contributed by atoms with Crippen LogP contribution in [0.2, 0.25) is 0 Å². The molecule has 2 heterocycles. The van der Waals surface area contributed by atoms with E-state index in [2.05, 4.69) is 55.2 Å². The third kappa shape index (κ3) is 7.04. The Hall–Kier alpha value is -5.25. The highest BCUT2D eigenvalue weighted by Crippen LogP contribution is 2.32. The van der Waals surface area contributed by atoms with Crippen LogP contribution in [0.3, 0.4) is 0 Å². The minimum absolute atomic E-state index is 0.367. The number of urea groups is 1. The fourth-order valence-electron chi connectivity index (χ4n) is 4.51. The second-order valence-corrected chi connectivity index (χ2v) is 9.32. The third-order valence-electron chi connectivity index (χ3n) is 6.32. The molecule has 208 valence electrons. The van der Waals surface area contributed by atoms with Gasteiger partial charge in [0, 0.05) is 41.7 Å². The molecule has 0 bridgehead atoms. The zero-order chi connectivity index (χ0) is 28.4. The first-order valence-electron chi connectivity index (χ1n) is 13.6. The number of nitrogens with zero attached hydrogens (tertiary/aromatic N) is 5. The highest BCUT2D eigenvalue weighted by atomic mass is 16.5. The van der Waals surface area contributed by atoms with Crippen LogP contribution < -0.4 is 20.3 Å². The van der Waals surface area contributed by atoms with E-state index >= 15 is 0 Å². The largest absolute Gasteiger partial charge is 0.494 e. The fraction of sp³-hybridized carbons (Fsp3) is 0.194. The zero-order valence-corrected chi connectivity index (χ0v) is 23.0. The Kier molecular flexibility index (Phi) is 8.80. The molecule has 0 aliphatic rings. The summed E-state index contributed by atoms with van der Waals surface area (Å²) in [5, 5.41) is 20.5. The highest BCUT2D eigenvalue weighted by molar-refractivity contribution is 6.00. The lowest BCUT2D eigenvalue weighted by Crippen LogP contribution is -2.25. The first-order valence-corrected chi connectivity index (χ1v) is 13.6. The van der Waals surface area contributed by atoms with E-state index in [1.807, 2.05) is 73.7 Å². The van der Waals surface area contributed by atoms with Crippen LogP contribution in [0, 0.1) is 0 Å². The van der Waals surface area contributed by atoms with Gasteiger partial charge in [-0.3, -0.25) is 0 Å². The number of carbonyl (C=O) groups is 1. The van der Waals surface area contributed by atoms with Crippen molar-refractivity contribution in [3.8, 4) is 28.4 Å². The van der Waals surface area contributed by atoms with Crippen molar-refractivity contribution in [2.24, 2.45) is 0 Å². The van der Waals surface area contributed by atoms with E-state index in [9.17, 15) is 4.79 Å². The molecule has 0 unspecified atom stereocenters. The minimum Gasteiger partial charge on any atom is -0.494 e. The Labute approximate surface area is 238 Å². The van der Waals surface area contributed by atoms with Crippen LogP contribution in [0.4, 0.5) is 22.0 Å². The number of amides is 2. The Morgan fingerprint density at radius 3 is 2.32 bits per heavy atom. The fourth-order valence-corrected chi connectivity index (χ4v) is 4.51. The first kappa shape index (κ1) is 27.3. The average molecular weight is 549 g/mol. The number of hydrogen-bond donors (Lipinski definition) is 3. The molecule has 10 heteroatoms. The van der Waals surface area contributed by atoms with Gasteiger partial charge in [0.2, 0.25) is 5.82 Å². The quantitative estimate of drug-likeness (QED) is 0.175. The summed E-state index contributed by atoms with van der Waals surface area (Å²) in [7, 11) is 0. The summed E-state index contributed by atoms with van der Waals surface area (Å²) < 4.78 is 5.50. The smallest absolute Gasteiger partial charge is 0.323 e. The molecule has 41 heavy (non-hydrogen) atoms. The minimum atomic E-state index is -0.367. The highest BCUT2D eigenvalue weighted by Gasteiger charge is 2.17. The third-order valence-corrected chi connectivity index (χ3v) is 6.32. The molecular weight excluding hydrogens is 516 g/mol. The molecular formula is C31H32N8O2. The van der Waals surface area contributed by atoms with Gasteiger partial charge in [0.15, 0.2) is 0 Å². The number of pyridine rings is 1. The maximum Gasteiger partial charge on any atom is 0.323 e. The van der Waals surface area contributed by atoms with Gasteiger partial charge in [0.1, 0.15) is 11.6 Å². The summed E-state index contributed by atoms with van der Waals surface area (Å²) in [5.41, 5.74) is 4.70. The van der Waals surface area contributed by atoms with Crippen molar-refractivity contribution in [1.29, 1.82) is 0 Å². The molecule has 0 radical (unpaired) electrons. The number of carbonyl (C=O) groups excluding carboxylic acids is 1. The summed E-state index contributed by atoms with van der Waals surface area (Å²) in [6, 6.07) is 28.6. The number of hydrogen-bond acceptors (Lipinski definition) is 7. The van der Waals surface area contributed by atoms with Gasteiger partial charge in [0.05, 0.1) is 12.3 Å². The molecule has 2 amide bonds. The summed E-state index contributed by atoms with van der Waals surface area (Å²) >= 11 is 0. The number of tetrazole rings is 1.